The van der Waals surface area contributed by atoms with Crippen LogP contribution in [0.3, 0.4) is 0 Å². The maximum absolute atomic E-state index is 9.11. The van der Waals surface area contributed by atoms with E-state index < -0.39 is 5.54 Å². The molecule has 0 atom stereocenters. The number of hydrogen-bond acceptors (Lipinski definition) is 3. The van der Waals surface area contributed by atoms with Crippen LogP contribution in [-0.2, 0) is 12.8 Å². The van der Waals surface area contributed by atoms with Crippen molar-refractivity contribution in [2.45, 2.75) is 70.3 Å². The molecule has 1 rings (SSSR count). The topological polar surface area (TPSA) is 66.5 Å². The maximum Gasteiger partial charge on any atom is 0.0633 e. The van der Waals surface area contributed by atoms with Gasteiger partial charge in [-0.25, -0.2) is 0 Å². The molecule has 0 aliphatic carbocycles. The van der Waals surface area contributed by atoms with Gasteiger partial charge in [0.25, 0.3) is 0 Å². The van der Waals surface area contributed by atoms with E-state index >= 15 is 0 Å². The van der Waals surface area contributed by atoms with Gasteiger partial charge < -0.3 is 15.9 Å². The van der Waals surface area contributed by atoms with E-state index in [1.165, 1.54) is 43.2 Å². The Hall–Kier alpha value is -0.900. The van der Waals surface area contributed by atoms with E-state index in [0.717, 1.165) is 19.3 Å². The lowest BCUT2D eigenvalue weighted by Gasteiger charge is -2.24. The van der Waals surface area contributed by atoms with Crippen molar-refractivity contribution < 1.29 is 10.2 Å². The summed E-state index contributed by atoms with van der Waals surface area (Å²) in [6.07, 6.45) is 10.1. The third-order valence-electron chi connectivity index (χ3n) is 4.45. The molecule has 0 aliphatic heterocycles. The maximum atomic E-state index is 9.11. The number of aliphatic hydroxyl groups is 2. The zero-order valence-electron chi connectivity index (χ0n) is 14.1. The van der Waals surface area contributed by atoms with Gasteiger partial charge in [-0.3, -0.25) is 0 Å². The lowest BCUT2D eigenvalue weighted by molar-refractivity contribution is 0.112. The summed E-state index contributed by atoms with van der Waals surface area (Å²) >= 11 is 0. The zero-order chi connectivity index (χ0) is 16.3. The first-order chi connectivity index (χ1) is 10.6. The Morgan fingerprint density at radius 2 is 1.32 bits per heavy atom. The molecule has 0 unspecified atom stereocenters. The molecule has 1 aromatic carbocycles. The number of unbranched alkanes of at least 4 members (excludes halogenated alkanes) is 5. The van der Waals surface area contributed by atoms with Crippen LogP contribution < -0.4 is 5.73 Å². The number of benzene rings is 1. The van der Waals surface area contributed by atoms with Gasteiger partial charge in [0.05, 0.1) is 18.8 Å². The minimum atomic E-state index is -0.787. The fraction of sp³-hybridized carbons (Fsp3) is 0.684. The first-order valence-corrected chi connectivity index (χ1v) is 8.72. The molecule has 126 valence electrons. The van der Waals surface area contributed by atoms with Crippen LogP contribution in [0.1, 0.15) is 63.0 Å². The molecule has 0 spiro atoms. The summed E-state index contributed by atoms with van der Waals surface area (Å²) in [5.74, 6) is 0. The largest absolute Gasteiger partial charge is 0.394 e. The second-order valence-electron chi connectivity index (χ2n) is 6.47. The second-order valence-corrected chi connectivity index (χ2v) is 6.47. The van der Waals surface area contributed by atoms with Crippen LogP contribution in [0.15, 0.2) is 24.3 Å². The molecular formula is C19H33NO2. The summed E-state index contributed by atoms with van der Waals surface area (Å²) in [5, 5.41) is 18.2. The van der Waals surface area contributed by atoms with Crippen LogP contribution in [-0.4, -0.2) is 29.0 Å². The standard InChI is InChI=1S/C19H33NO2/c1-2-17-10-12-18(13-11-17)9-7-5-3-4-6-8-14-19(20,15-21)16-22/h10-13,21-22H,2-9,14-16,20H2,1H3. The molecule has 0 saturated carbocycles. The van der Waals surface area contributed by atoms with Gasteiger partial charge in [-0.1, -0.05) is 63.3 Å². The van der Waals surface area contributed by atoms with Crippen molar-refractivity contribution in [2.75, 3.05) is 13.2 Å². The number of aliphatic hydroxyl groups excluding tert-OH is 2. The molecule has 3 heteroatoms. The molecule has 3 nitrogen and oxygen atoms in total. The van der Waals surface area contributed by atoms with E-state index in [2.05, 4.69) is 31.2 Å². The fourth-order valence-electron chi connectivity index (χ4n) is 2.66. The molecule has 0 aliphatic rings. The van der Waals surface area contributed by atoms with Crippen LogP contribution in [0, 0.1) is 0 Å². The monoisotopic (exact) mass is 307 g/mol. The van der Waals surface area contributed by atoms with Crippen LogP contribution in [0.2, 0.25) is 0 Å². The highest BCUT2D eigenvalue weighted by molar-refractivity contribution is 5.22. The quantitative estimate of drug-likeness (QED) is 0.519. The predicted octanol–water partition coefficient (Wildman–Crippen LogP) is 3.20. The Morgan fingerprint density at radius 3 is 1.86 bits per heavy atom. The summed E-state index contributed by atoms with van der Waals surface area (Å²) in [4.78, 5) is 0. The summed E-state index contributed by atoms with van der Waals surface area (Å²) in [6, 6.07) is 8.97. The predicted molar refractivity (Wildman–Crippen MR) is 92.9 cm³/mol. The highest BCUT2D eigenvalue weighted by Crippen LogP contribution is 2.15. The first kappa shape index (κ1) is 19.1. The zero-order valence-corrected chi connectivity index (χ0v) is 14.1. The number of nitrogens with two attached hydrogens (primary N) is 1. The van der Waals surface area contributed by atoms with Crippen molar-refractivity contribution in [3.63, 3.8) is 0 Å². The lowest BCUT2D eigenvalue weighted by Crippen LogP contribution is -2.47. The Kier molecular flexibility index (Phi) is 9.37. The molecule has 0 saturated heterocycles. The van der Waals surface area contributed by atoms with Crippen molar-refractivity contribution >= 4 is 0 Å². The van der Waals surface area contributed by atoms with Gasteiger partial charge in [0.15, 0.2) is 0 Å². The fourth-order valence-corrected chi connectivity index (χ4v) is 2.66. The van der Waals surface area contributed by atoms with Gasteiger partial charge in [0.2, 0.25) is 0 Å². The van der Waals surface area contributed by atoms with E-state index in [4.69, 9.17) is 15.9 Å². The minimum absolute atomic E-state index is 0.139. The van der Waals surface area contributed by atoms with E-state index in [0.29, 0.717) is 6.42 Å². The molecule has 0 radical (unpaired) electrons. The smallest absolute Gasteiger partial charge is 0.0633 e. The highest BCUT2D eigenvalue weighted by atomic mass is 16.3. The Bertz CT molecular complexity index is 385. The van der Waals surface area contributed by atoms with Crippen LogP contribution >= 0.6 is 0 Å². The van der Waals surface area contributed by atoms with Gasteiger partial charge in [-0.05, 0) is 36.8 Å². The van der Waals surface area contributed by atoms with E-state index in [1.54, 1.807) is 0 Å². The SMILES string of the molecule is CCc1ccc(CCCCCCCCC(N)(CO)CO)cc1. The normalized spacial score (nSPS) is 11.8. The van der Waals surface area contributed by atoms with E-state index in [9.17, 15) is 0 Å². The van der Waals surface area contributed by atoms with Gasteiger partial charge >= 0.3 is 0 Å². The van der Waals surface area contributed by atoms with Crippen molar-refractivity contribution in [3.8, 4) is 0 Å². The molecule has 0 heterocycles. The molecule has 0 bridgehead atoms. The molecule has 0 fully saturated rings. The number of rotatable bonds is 12. The summed E-state index contributed by atoms with van der Waals surface area (Å²) in [7, 11) is 0. The minimum Gasteiger partial charge on any atom is -0.394 e. The molecule has 0 aromatic heterocycles. The third kappa shape index (κ3) is 7.39. The van der Waals surface area contributed by atoms with Crippen molar-refractivity contribution in [2.24, 2.45) is 5.73 Å². The average molecular weight is 307 g/mol. The van der Waals surface area contributed by atoms with E-state index in [-0.39, 0.29) is 13.2 Å². The first-order valence-electron chi connectivity index (χ1n) is 8.72. The molecule has 4 N–H and O–H groups in total. The Labute approximate surface area is 135 Å². The van der Waals surface area contributed by atoms with Crippen molar-refractivity contribution in [1.29, 1.82) is 0 Å². The summed E-state index contributed by atoms with van der Waals surface area (Å²) in [5.41, 5.74) is 7.91. The van der Waals surface area contributed by atoms with Crippen LogP contribution in [0.4, 0.5) is 0 Å². The highest BCUT2D eigenvalue weighted by Gasteiger charge is 2.21. The lowest BCUT2D eigenvalue weighted by atomic mass is 9.94. The molecule has 0 amide bonds. The number of aryl methyl sites for hydroxylation is 2. The van der Waals surface area contributed by atoms with Gasteiger partial charge in [0, 0.05) is 0 Å². The summed E-state index contributed by atoms with van der Waals surface area (Å²) in [6.45, 7) is 1.91. The van der Waals surface area contributed by atoms with Crippen LogP contribution in [0.5, 0.6) is 0 Å². The molecule has 22 heavy (non-hydrogen) atoms. The average Bonchev–Trinajstić information content (AvgIpc) is 2.57. The Balaban J connectivity index is 2.01. The molecule has 1 aromatic rings. The molecular weight excluding hydrogens is 274 g/mol. The van der Waals surface area contributed by atoms with Gasteiger partial charge in [0.1, 0.15) is 0 Å². The Morgan fingerprint density at radius 1 is 0.818 bits per heavy atom. The summed E-state index contributed by atoms with van der Waals surface area (Å²) < 4.78 is 0. The number of hydrogen-bond donors (Lipinski definition) is 3. The van der Waals surface area contributed by atoms with Crippen molar-refractivity contribution in [1.82, 2.24) is 0 Å². The van der Waals surface area contributed by atoms with Crippen LogP contribution in [0.25, 0.3) is 0 Å². The third-order valence-corrected chi connectivity index (χ3v) is 4.45. The van der Waals surface area contributed by atoms with Gasteiger partial charge in [-0.15, -0.1) is 0 Å². The van der Waals surface area contributed by atoms with E-state index in [1.807, 2.05) is 0 Å². The second kappa shape index (κ2) is 10.8. The van der Waals surface area contributed by atoms with Crippen molar-refractivity contribution in [3.05, 3.63) is 35.4 Å². The van der Waals surface area contributed by atoms with Gasteiger partial charge in [-0.2, -0.15) is 0 Å².